The number of carbonyl (C=O) groups is 4. The van der Waals surface area contributed by atoms with E-state index in [1.165, 1.54) is 34.4 Å². The summed E-state index contributed by atoms with van der Waals surface area (Å²) in [5, 5.41) is 10.2. The van der Waals surface area contributed by atoms with Crippen LogP contribution in [0.4, 0.5) is 0 Å². The number of H-pyrrole nitrogens is 1. The van der Waals surface area contributed by atoms with Crippen molar-refractivity contribution in [1.82, 2.24) is 30.4 Å². The van der Waals surface area contributed by atoms with Crippen LogP contribution in [0, 0.1) is 0 Å². The number of aromatic nitrogens is 2. The van der Waals surface area contributed by atoms with Crippen LogP contribution in [-0.2, 0) is 19.2 Å². The Morgan fingerprint density at radius 1 is 0.700 bits per heavy atom. The summed E-state index contributed by atoms with van der Waals surface area (Å²) in [4.78, 5) is 69.0. The molecular formula is C47H45N7O4S2. The van der Waals surface area contributed by atoms with Gasteiger partial charge in [-0.1, -0.05) is 84.9 Å². The topological polar surface area (TPSA) is 140 Å². The number of nitrogens with one attached hydrogen (secondary N) is 3. The molecule has 4 atom stereocenters. The fraction of sp³-hybridized carbons (Fsp3) is 0.277. The molecule has 3 aromatic carbocycles. The van der Waals surface area contributed by atoms with Gasteiger partial charge in [0.25, 0.3) is 0 Å². The Labute approximate surface area is 356 Å². The van der Waals surface area contributed by atoms with Crippen LogP contribution in [0.25, 0.3) is 37.4 Å². The minimum atomic E-state index is -0.758. The van der Waals surface area contributed by atoms with Gasteiger partial charge in [0.05, 0.1) is 33.4 Å². The van der Waals surface area contributed by atoms with E-state index < -0.39 is 12.1 Å². The highest BCUT2D eigenvalue weighted by atomic mass is 32.1. The standard InChI is InChI=1S/C47H45N7O4S2/c1-28(55)50-41(32-11-5-3-6-12-32)46(57)53-21-9-15-39(53)37-23-34(24-48-37)36-27-60-43-35(26-59-44(36)43)30-17-19-31(20-18-30)38-25-49-45(52-38)40-16-10-22-54(40)47(58)42(51-29(2)56)33-13-7-4-8-14-33/h3-8,11-14,17-20,24-27,39-42H,9-10,15-16,21-23H2,1-2H3,(H,49,52)(H,50,55)(H,51,56)/t39?,40?,41-,42-/m1/s1. The minimum absolute atomic E-state index is 0.0979. The number of hydrogen-bond acceptors (Lipinski definition) is 8. The molecule has 6 aromatic rings. The SMILES string of the molecule is CC(=O)N[C@@H](C(=O)N1CCCC1C1=NC=C(c2csc3c(-c4ccc(-c5cnc(C6CCCN6C(=O)[C@H](NC(C)=O)c6ccccc6)[nH]5)cc4)csc23)C1)c1ccccc1. The molecule has 60 heavy (non-hydrogen) atoms. The van der Waals surface area contributed by atoms with E-state index in [1.54, 1.807) is 22.7 Å². The van der Waals surface area contributed by atoms with Crippen molar-refractivity contribution in [3.8, 4) is 22.4 Å². The lowest BCUT2D eigenvalue weighted by Gasteiger charge is -2.29. The van der Waals surface area contributed by atoms with Crippen molar-refractivity contribution < 1.29 is 19.2 Å². The van der Waals surface area contributed by atoms with Crippen LogP contribution in [0.3, 0.4) is 0 Å². The molecule has 9 rings (SSSR count). The first-order valence-electron chi connectivity index (χ1n) is 20.4. The van der Waals surface area contributed by atoms with Gasteiger partial charge in [-0.15, -0.1) is 22.7 Å². The Hall–Kier alpha value is -6.18. The van der Waals surface area contributed by atoms with Gasteiger partial charge in [-0.2, -0.15) is 0 Å². The van der Waals surface area contributed by atoms with Crippen molar-refractivity contribution in [2.75, 3.05) is 13.1 Å². The number of imidazole rings is 1. The molecule has 304 valence electrons. The average Bonchev–Trinajstić information content (AvgIpc) is 4.12. The maximum Gasteiger partial charge on any atom is 0.250 e. The molecule has 2 unspecified atom stereocenters. The number of fused-ring (bicyclic) bond motifs is 1. The van der Waals surface area contributed by atoms with E-state index in [2.05, 4.69) is 50.6 Å². The maximum atomic E-state index is 14.0. The number of allylic oxidation sites excluding steroid dienone is 1. The van der Waals surface area contributed by atoms with Gasteiger partial charge in [-0.3, -0.25) is 24.2 Å². The van der Waals surface area contributed by atoms with Gasteiger partial charge >= 0.3 is 0 Å². The summed E-state index contributed by atoms with van der Waals surface area (Å²) >= 11 is 3.48. The van der Waals surface area contributed by atoms with Crippen molar-refractivity contribution >= 4 is 67.0 Å². The van der Waals surface area contributed by atoms with Gasteiger partial charge in [-0.25, -0.2) is 4.98 Å². The number of benzene rings is 3. The first kappa shape index (κ1) is 39.3. The van der Waals surface area contributed by atoms with Crippen LogP contribution in [0.2, 0.25) is 0 Å². The summed E-state index contributed by atoms with van der Waals surface area (Å²) in [6, 6.07) is 25.5. The van der Waals surface area contributed by atoms with E-state index in [9.17, 15) is 19.2 Å². The van der Waals surface area contributed by atoms with E-state index in [1.807, 2.05) is 82.9 Å². The fourth-order valence-electron chi connectivity index (χ4n) is 8.84. The number of aromatic amines is 1. The molecule has 2 saturated heterocycles. The zero-order valence-corrected chi connectivity index (χ0v) is 35.0. The van der Waals surface area contributed by atoms with Crippen molar-refractivity contribution in [2.45, 2.75) is 70.1 Å². The highest BCUT2D eigenvalue weighted by Crippen LogP contribution is 2.45. The summed E-state index contributed by atoms with van der Waals surface area (Å²) in [5.41, 5.74) is 9.06. The summed E-state index contributed by atoms with van der Waals surface area (Å²) in [6.45, 7) is 4.11. The number of rotatable bonds is 11. The first-order valence-corrected chi connectivity index (χ1v) is 22.1. The summed E-state index contributed by atoms with van der Waals surface area (Å²) in [5.74, 6) is 0.00880. The van der Waals surface area contributed by atoms with E-state index in [0.29, 0.717) is 19.5 Å². The molecule has 3 aliphatic rings. The number of aliphatic imine (C=N–C) groups is 1. The lowest BCUT2D eigenvalue weighted by molar-refractivity contribution is -0.137. The Morgan fingerprint density at radius 2 is 1.23 bits per heavy atom. The number of amides is 4. The largest absolute Gasteiger partial charge is 0.341 e. The number of carbonyl (C=O) groups excluding carboxylic acids is 4. The van der Waals surface area contributed by atoms with E-state index in [0.717, 1.165) is 70.7 Å². The van der Waals surface area contributed by atoms with Gasteiger partial charge in [0, 0.05) is 67.2 Å². The molecule has 3 N–H and O–H groups in total. The highest BCUT2D eigenvalue weighted by molar-refractivity contribution is 7.27. The Morgan fingerprint density at radius 3 is 1.83 bits per heavy atom. The van der Waals surface area contributed by atoms with Gasteiger partial charge in [-0.05, 0) is 53.5 Å². The molecule has 13 heteroatoms. The Kier molecular flexibility index (Phi) is 11.0. The number of thiophene rings is 2. The van der Waals surface area contributed by atoms with Crippen LogP contribution < -0.4 is 10.6 Å². The van der Waals surface area contributed by atoms with E-state index >= 15 is 0 Å². The minimum Gasteiger partial charge on any atom is -0.341 e. The lowest BCUT2D eigenvalue weighted by atomic mass is 9.98. The zero-order valence-electron chi connectivity index (χ0n) is 33.4. The summed E-state index contributed by atoms with van der Waals surface area (Å²) < 4.78 is 2.47. The molecular weight excluding hydrogens is 791 g/mol. The second-order valence-corrected chi connectivity index (χ2v) is 17.4. The highest BCUT2D eigenvalue weighted by Gasteiger charge is 2.39. The number of nitrogens with zero attached hydrogens (tertiary/aromatic N) is 4. The number of hydrogen-bond donors (Lipinski definition) is 3. The monoisotopic (exact) mass is 835 g/mol. The van der Waals surface area contributed by atoms with Gasteiger partial charge < -0.3 is 25.4 Å². The van der Waals surface area contributed by atoms with Gasteiger partial charge in [0.15, 0.2) is 0 Å². The van der Waals surface area contributed by atoms with Crippen molar-refractivity contribution in [1.29, 1.82) is 0 Å². The second kappa shape index (κ2) is 16.8. The van der Waals surface area contributed by atoms with E-state index in [-0.39, 0.29) is 35.7 Å². The second-order valence-electron chi connectivity index (χ2n) is 15.6. The molecule has 0 aliphatic carbocycles. The van der Waals surface area contributed by atoms with Crippen molar-refractivity contribution in [3.05, 3.63) is 131 Å². The summed E-state index contributed by atoms with van der Waals surface area (Å²) in [7, 11) is 0. The van der Waals surface area contributed by atoms with Gasteiger partial charge in [0.2, 0.25) is 23.6 Å². The van der Waals surface area contributed by atoms with Crippen molar-refractivity contribution in [3.63, 3.8) is 0 Å². The third kappa shape index (κ3) is 7.70. The van der Waals surface area contributed by atoms with Crippen LogP contribution in [0.1, 0.15) is 86.6 Å². The van der Waals surface area contributed by atoms with Crippen molar-refractivity contribution in [2.24, 2.45) is 4.99 Å². The predicted octanol–water partition coefficient (Wildman–Crippen LogP) is 8.61. The molecule has 0 spiro atoms. The average molecular weight is 836 g/mol. The molecule has 0 radical (unpaired) electrons. The van der Waals surface area contributed by atoms with Crippen LogP contribution in [0.15, 0.2) is 113 Å². The smallest absolute Gasteiger partial charge is 0.250 e. The fourth-order valence-corrected chi connectivity index (χ4v) is 11.3. The molecule has 6 heterocycles. The van der Waals surface area contributed by atoms with Gasteiger partial charge in [0.1, 0.15) is 17.9 Å². The predicted molar refractivity (Wildman–Crippen MR) is 237 cm³/mol. The molecule has 11 nitrogen and oxygen atoms in total. The normalized spacial score (nSPS) is 18.6. The molecule has 0 saturated carbocycles. The molecule has 3 aromatic heterocycles. The first-order chi connectivity index (χ1) is 29.2. The molecule has 0 bridgehead atoms. The van der Waals surface area contributed by atoms with Crippen LogP contribution in [-0.4, -0.2) is 68.2 Å². The molecule has 2 fully saturated rings. The van der Waals surface area contributed by atoms with Crippen LogP contribution >= 0.6 is 22.7 Å². The Bertz CT molecular complexity index is 2630. The third-order valence-corrected chi connectivity index (χ3v) is 13.9. The Balaban J connectivity index is 0.873. The quantitative estimate of drug-likeness (QED) is 0.120. The lowest BCUT2D eigenvalue weighted by Crippen LogP contribution is -2.46. The van der Waals surface area contributed by atoms with E-state index in [4.69, 9.17) is 9.98 Å². The van der Waals surface area contributed by atoms with Crippen LogP contribution in [0.5, 0.6) is 0 Å². The summed E-state index contributed by atoms with van der Waals surface area (Å²) in [6.07, 6.45) is 7.86. The zero-order chi connectivity index (χ0) is 41.3. The molecule has 4 amide bonds. The maximum absolute atomic E-state index is 14.0. The number of likely N-dealkylation sites (tertiary alicyclic amines) is 2. The third-order valence-electron chi connectivity index (χ3n) is 11.7. The molecule has 3 aliphatic heterocycles.